The highest BCUT2D eigenvalue weighted by Gasteiger charge is 2.30. The molecule has 0 bridgehead atoms. The zero-order valence-corrected chi connectivity index (χ0v) is 13.2. The molecule has 5 nitrogen and oxygen atoms in total. The van der Waals surface area contributed by atoms with Gasteiger partial charge in [-0.3, -0.25) is 9.69 Å². The van der Waals surface area contributed by atoms with E-state index in [1.165, 1.54) is 11.3 Å². The number of pyridine rings is 1. The summed E-state index contributed by atoms with van der Waals surface area (Å²) in [6, 6.07) is 2.00. The zero-order chi connectivity index (χ0) is 15.8. The zero-order valence-electron chi connectivity index (χ0n) is 13.2. The van der Waals surface area contributed by atoms with E-state index in [-0.39, 0.29) is 12.1 Å². The molecule has 1 aromatic heterocycles. The minimum absolute atomic E-state index is 0.139. The van der Waals surface area contributed by atoms with Crippen molar-refractivity contribution in [1.82, 2.24) is 9.88 Å². The molecule has 0 radical (unpaired) electrons. The second-order valence-electron chi connectivity index (χ2n) is 6.88. The van der Waals surface area contributed by atoms with Gasteiger partial charge in [0.2, 0.25) is 0 Å². The number of nitrogens with zero attached hydrogens (tertiary/aromatic N) is 1. The van der Waals surface area contributed by atoms with Crippen molar-refractivity contribution in [1.29, 1.82) is 0 Å². The Balaban J connectivity index is 2.42. The summed E-state index contributed by atoms with van der Waals surface area (Å²) in [6.45, 7) is 7.53. The van der Waals surface area contributed by atoms with Gasteiger partial charge in [0.25, 0.3) is 5.56 Å². The third-order valence-corrected chi connectivity index (χ3v) is 4.21. The summed E-state index contributed by atoms with van der Waals surface area (Å²) < 4.78 is 0. The van der Waals surface area contributed by atoms with Crippen LogP contribution in [0.3, 0.4) is 0 Å². The van der Waals surface area contributed by atoms with Crippen LogP contribution < -0.4 is 5.56 Å². The maximum absolute atomic E-state index is 12.3. The molecule has 1 aliphatic rings. The maximum atomic E-state index is 12.3. The molecule has 1 aromatic rings. The third-order valence-electron chi connectivity index (χ3n) is 4.21. The number of hydrogen-bond acceptors (Lipinski definition) is 2. The van der Waals surface area contributed by atoms with Crippen molar-refractivity contribution in [3.8, 4) is 0 Å². The van der Waals surface area contributed by atoms with Crippen molar-refractivity contribution in [2.45, 2.75) is 65.0 Å². The van der Waals surface area contributed by atoms with Gasteiger partial charge in [0.1, 0.15) is 0 Å². The summed E-state index contributed by atoms with van der Waals surface area (Å²) in [5, 5.41) is 9.43. The normalized spacial score (nSPS) is 15.6. The fraction of sp³-hybridized carbons (Fsp3) is 0.625. The molecule has 0 spiro atoms. The van der Waals surface area contributed by atoms with Crippen LogP contribution in [-0.4, -0.2) is 26.6 Å². The Hall–Kier alpha value is -1.78. The van der Waals surface area contributed by atoms with Gasteiger partial charge in [0.15, 0.2) is 0 Å². The molecule has 1 aliphatic carbocycles. The lowest BCUT2D eigenvalue weighted by atomic mass is 9.78. The summed E-state index contributed by atoms with van der Waals surface area (Å²) >= 11 is 0. The van der Waals surface area contributed by atoms with Crippen molar-refractivity contribution in [3.05, 3.63) is 33.2 Å². The summed E-state index contributed by atoms with van der Waals surface area (Å²) in [6.07, 6.45) is 2.34. The van der Waals surface area contributed by atoms with Gasteiger partial charge in [-0.2, -0.15) is 0 Å². The van der Waals surface area contributed by atoms with Gasteiger partial charge in [0.05, 0.1) is 6.54 Å². The van der Waals surface area contributed by atoms with Crippen LogP contribution in [0.15, 0.2) is 10.9 Å². The Morgan fingerprint density at radius 1 is 1.43 bits per heavy atom. The largest absolute Gasteiger partial charge is 0.465 e. The van der Waals surface area contributed by atoms with Crippen LogP contribution in [-0.2, 0) is 6.54 Å². The second kappa shape index (κ2) is 5.54. The van der Waals surface area contributed by atoms with Crippen LogP contribution in [0.5, 0.6) is 0 Å². The van der Waals surface area contributed by atoms with Crippen LogP contribution in [0.1, 0.15) is 62.8 Å². The molecule has 116 valence electrons. The van der Waals surface area contributed by atoms with Crippen molar-refractivity contribution >= 4 is 6.09 Å². The van der Waals surface area contributed by atoms with Crippen LogP contribution >= 0.6 is 0 Å². The Bertz CT molecular complexity index is 595. The molecule has 1 saturated carbocycles. The molecule has 2 rings (SSSR count). The Morgan fingerprint density at radius 3 is 2.48 bits per heavy atom. The molecular weight excluding hydrogens is 268 g/mol. The first-order valence-corrected chi connectivity index (χ1v) is 7.43. The Kier molecular flexibility index (Phi) is 4.12. The first kappa shape index (κ1) is 15.6. The van der Waals surface area contributed by atoms with Crippen molar-refractivity contribution in [2.75, 3.05) is 0 Å². The summed E-state index contributed by atoms with van der Waals surface area (Å²) in [5.74, 6) is 0.400. The predicted molar refractivity (Wildman–Crippen MR) is 81.7 cm³/mol. The number of aryl methyl sites for hydroxylation is 1. The van der Waals surface area contributed by atoms with Crippen LogP contribution in [0.2, 0.25) is 0 Å². The van der Waals surface area contributed by atoms with Gasteiger partial charge >= 0.3 is 6.09 Å². The summed E-state index contributed by atoms with van der Waals surface area (Å²) in [4.78, 5) is 28.0. The number of amides is 1. The fourth-order valence-corrected chi connectivity index (χ4v) is 2.74. The van der Waals surface area contributed by atoms with Gasteiger partial charge in [-0.25, -0.2) is 4.79 Å². The standard InChI is InChI=1S/C16H24N2O3/c1-10-8-12(11-6-5-7-11)13(14(19)17-10)9-18(15(20)21)16(2,3)4/h8,11H,5-7,9H2,1-4H3,(H,17,19)(H,20,21). The highest BCUT2D eigenvalue weighted by Crippen LogP contribution is 2.38. The lowest BCUT2D eigenvalue weighted by Gasteiger charge is -2.35. The molecule has 1 fully saturated rings. The van der Waals surface area contributed by atoms with E-state index in [9.17, 15) is 14.7 Å². The van der Waals surface area contributed by atoms with E-state index in [2.05, 4.69) is 4.98 Å². The number of aromatic amines is 1. The molecule has 21 heavy (non-hydrogen) atoms. The Morgan fingerprint density at radius 2 is 2.05 bits per heavy atom. The Labute approximate surface area is 125 Å². The SMILES string of the molecule is Cc1cc(C2CCC2)c(CN(C(=O)O)C(C)(C)C)c(=O)[nH]1. The van der Waals surface area contributed by atoms with E-state index in [0.717, 1.165) is 24.1 Å². The molecule has 0 atom stereocenters. The van der Waals surface area contributed by atoms with E-state index >= 15 is 0 Å². The average molecular weight is 292 g/mol. The van der Waals surface area contributed by atoms with Crippen LogP contribution in [0.4, 0.5) is 4.79 Å². The molecule has 0 saturated heterocycles. The molecule has 5 heteroatoms. The molecule has 1 amide bonds. The van der Waals surface area contributed by atoms with E-state index in [4.69, 9.17) is 0 Å². The van der Waals surface area contributed by atoms with Crippen LogP contribution in [0.25, 0.3) is 0 Å². The first-order valence-electron chi connectivity index (χ1n) is 7.43. The summed E-state index contributed by atoms with van der Waals surface area (Å²) in [5.41, 5.74) is 1.76. The molecule has 1 heterocycles. The molecule has 0 unspecified atom stereocenters. The van der Waals surface area contributed by atoms with Gasteiger partial charge in [-0.1, -0.05) is 6.42 Å². The van der Waals surface area contributed by atoms with Gasteiger partial charge in [-0.05, 0) is 58.1 Å². The van der Waals surface area contributed by atoms with Crippen molar-refractivity contribution in [2.24, 2.45) is 0 Å². The average Bonchev–Trinajstić information content (AvgIpc) is 2.22. The highest BCUT2D eigenvalue weighted by molar-refractivity contribution is 5.66. The number of aromatic nitrogens is 1. The van der Waals surface area contributed by atoms with Gasteiger partial charge in [-0.15, -0.1) is 0 Å². The molecule has 0 aromatic carbocycles. The van der Waals surface area contributed by atoms with E-state index < -0.39 is 11.6 Å². The van der Waals surface area contributed by atoms with Gasteiger partial charge in [0, 0.05) is 16.8 Å². The predicted octanol–water partition coefficient (Wildman–Crippen LogP) is 3.23. The number of carbonyl (C=O) groups is 1. The van der Waals surface area contributed by atoms with E-state index in [1.54, 1.807) is 0 Å². The summed E-state index contributed by atoms with van der Waals surface area (Å²) in [7, 11) is 0. The second-order valence-corrected chi connectivity index (χ2v) is 6.88. The number of hydrogen-bond donors (Lipinski definition) is 2. The highest BCUT2D eigenvalue weighted by atomic mass is 16.4. The minimum Gasteiger partial charge on any atom is -0.465 e. The van der Waals surface area contributed by atoms with Crippen molar-refractivity contribution < 1.29 is 9.90 Å². The third kappa shape index (κ3) is 3.28. The number of H-pyrrole nitrogens is 1. The monoisotopic (exact) mass is 292 g/mol. The molecular formula is C16H24N2O3. The lowest BCUT2D eigenvalue weighted by molar-refractivity contribution is 0.0949. The smallest absolute Gasteiger partial charge is 0.408 e. The number of carboxylic acid groups (broad SMARTS) is 1. The topological polar surface area (TPSA) is 73.4 Å². The number of rotatable bonds is 3. The van der Waals surface area contributed by atoms with Crippen LogP contribution in [0, 0.1) is 6.92 Å². The molecule has 0 aliphatic heterocycles. The molecule has 2 N–H and O–H groups in total. The van der Waals surface area contributed by atoms with E-state index in [0.29, 0.717) is 11.5 Å². The first-order chi connectivity index (χ1) is 9.70. The number of nitrogens with one attached hydrogen (secondary N) is 1. The van der Waals surface area contributed by atoms with Crippen molar-refractivity contribution in [3.63, 3.8) is 0 Å². The minimum atomic E-state index is -0.998. The van der Waals surface area contributed by atoms with E-state index in [1.807, 2.05) is 33.8 Å². The quantitative estimate of drug-likeness (QED) is 0.898. The fourth-order valence-electron chi connectivity index (χ4n) is 2.74. The van der Waals surface area contributed by atoms with Gasteiger partial charge < -0.3 is 10.1 Å². The maximum Gasteiger partial charge on any atom is 0.408 e. The lowest BCUT2D eigenvalue weighted by Crippen LogP contribution is -2.45.